The van der Waals surface area contributed by atoms with Crippen molar-refractivity contribution in [1.82, 2.24) is 14.9 Å². The molecule has 0 unspecified atom stereocenters. The number of thiazole rings is 1. The lowest BCUT2D eigenvalue weighted by Gasteiger charge is -2.12. The van der Waals surface area contributed by atoms with Crippen LogP contribution in [0.15, 0.2) is 48.4 Å². The molecule has 0 saturated heterocycles. The Kier molecular flexibility index (Phi) is 5.76. The second kappa shape index (κ2) is 8.22. The standard InChI is InChI=1S/C21H23N3O2S/c1-5-10-22-21(25)18-11-20(19-13-27-15(3)23-19)24(14(18)2)12-16-6-8-17(26-4)9-7-16/h5-9,11,13H,1,10,12H2,2-4H3,(H,22,25). The zero-order valence-electron chi connectivity index (χ0n) is 15.8. The van der Waals surface area contributed by atoms with Gasteiger partial charge in [-0.2, -0.15) is 0 Å². The van der Waals surface area contributed by atoms with Crippen LogP contribution in [-0.2, 0) is 6.54 Å². The van der Waals surface area contributed by atoms with E-state index in [-0.39, 0.29) is 5.91 Å². The van der Waals surface area contributed by atoms with Crippen LogP contribution in [0.4, 0.5) is 0 Å². The number of methoxy groups -OCH3 is 1. The van der Waals surface area contributed by atoms with Crippen molar-refractivity contribution in [2.24, 2.45) is 0 Å². The Morgan fingerprint density at radius 2 is 2.07 bits per heavy atom. The van der Waals surface area contributed by atoms with Crippen LogP contribution in [0, 0.1) is 13.8 Å². The lowest BCUT2D eigenvalue weighted by molar-refractivity contribution is 0.0957. The van der Waals surface area contributed by atoms with Crippen molar-refractivity contribution in [3.05, 3.63) is 70.2 Å². The number of hydrogen-bond donors (Lipinski definition) is 1. The maximum absolute atomic E-state index is 12.6. The summed E-state index contributed by atoms with van der Waals surface area (Å²) >= 11 is 1.60. The molecule has 140 valence electrons. The molecule has 3 rings (SSSR count). The number of carbonyl (C=O) groups excluding carboxylic acids is 1. The van der Waals surface area contributed by atoms with Gasteiger partial charge >= 0.3 is 0 Å². The molecule has 0 fully saturated rings. The summed E-state index contributed by atoms with van der Waals surface area (Å²) in [6, 6.07) is 9.88. The highest BCUT2D eigenvalue weighted by atomic mass is 32.1. The summed E-state index contributed by atoms with van der Waals surface area (Å²) in [6.07, 6.45) is 1.67. The number of nitrogens with zero attached hydrogens (tertiary/aromatic N) is 2. The minimum Gasteiger partial charge on any atom is -0.497 e. The SMILES string of the molecule is C=CCNC(=O)c1cc(-c2csc(C)n2)n(Cc2ccc(OC)cc2)c1C. The van der Waals surface area contributed by atoms with E-state index in [1.165, 1.54) is 0 Å². The predicted molar refractivity (Wildman–Crippen MR) is 110 cm³/mol. The average molecular weight is 382 g/mol. The van der Waals surface area contributed by atoms with E-state index in [1.54, 1.807) is 24.5 Å². The third-order valence-corrected chi connectivity index (χ3v) is 5.17. The Morgan fingerprint density at radius 3 is 2.67 bits per heavy atom. The third kappa shape index (κ3) is 4.11. The second-order valence-electron chi connectivity index (χ2n) is 6.21. The van der Waals surface area contributed by atoms with Gasteiger partial charge in [0.25, 0.3) is 5.91 Å². The monoisotopic (exact) mass is 381 g/mol. The van der Waals surface area contributed by atoms with Crippen molar-refractivity contribution >= 4 is 17.2 Å². The van der Waals surface area contributed by atoms with Gasteiger partial charge in [0.05, 0.1) is 29.1 Å². The Labute approximate surface area is 163 Å². The van der Waals surface area contributed by atoms with Gasteiger partial charge in [0.1, 0.15) is 5.75 Å². The summed E-state index contributed by atoms with van der Waals surface area (Å²) in [5.74, 6) is 0.719. The van der Waals surface area contributed by atoms with Crippen molar-refractivity contribution in [2.45, 2.75) is 20.4 Å². The molecule has 0 radical (unpaired) electrons. The van der Waals surface area contributed by atoms with Gasteiger partial charge in [0.15, 0.2) is 0 Å². The normalized spacial score (nSPS) is 10.6. The van der Waals surface area contributed by atoms with Crippen molar-refractivity contribution in [2.75, 3.05) is 13.7 Å². The fourth-order valence-corrected chi connectivity index (χ4v) is 3.55. The summed E-state index contributed by atoms with van der Waals surface area (Å²) < 4.78 is 7.37. The van der Waals surface area contributed by atoms with Gasteiger partial charge in [-0.25, -0.2) is 4.98 Å². The Morgan fingerprint density at radius 1 is 1.33 bits per heavy atom. The predicted octanol–water partition coefficient (Wildman–Crippen LogP) is 4.20. The molecule has 0 aliphatic heterocycles. The number of nitrogens with one attached hydrogen (secondary N) is 1. The van der Waals surface area contributed by atoms with Crippen LogP contribution in [-0.4, -0.2) is 29.1 Å². The van der Waals surface area contributed by atoms with E-state index in [1.807, 2.05) is 49.6 Å². The molecule has 0 bridgehead atoms. The Bertz CT molecular complexity index is 954. The van der Waals surface area contributed by atoms with Crippen LogP contribution in [0.2, 0.25) is 0 Å². The lowest BCUT2D eigenvalue weighted by atomic mass is 10.2. The highest BCUT2D eigenvalue weighted by molar-refractivity contribution is 7.09. The topological polar surface area (TPSA) is 56.2 Å². The summed E-state index contributed by atoms with van der Waals surface area (Å²) in [6.45, 7) is 8.69. The first-order valence-corrected chi connectivity index (χ1v) is 9.56. The van der Waals surface area contributed by atoms with Crippen LogP contribution >= 0.6 is 11.3 Å². The number of hydrogen-bond acceptors (Lipinski definition) is 4. The first-order chi connectivity index (χ1) is 13.0. The molecule has 0 aliphatic rings. The lowest BCUT2D eigenvalue weighted by Crippen LogP contribution is -2.23. The zero-order valence-corrected chi connectivity index (χ0v) is 16.6. The van der Waals surface area contributed by atoms with Gasteiger partial charge in [-0.15, -0.1) is 17.9 Å². The van der Waals surface area contributed by atoms with Crippen molar-refractivity contribution in [1.29, 1.82) is 0 Å². The van der Waals surface area contributed by atoms with E-state index >= 15 is 0 Å². The van der Waals surface area contributed by atoms with Gasteiger partial charge < -0.3 is 14.6 Å². The van der Waals surface area contributed by atoms with Crippen LogP contribution in [0.1, 0.15) is 26.6 Å². The fraction of sp³-hybridized carbons (Fsp3) is 0.238. The van der Waals surface area contributed by atoms with Gasteiger partial charge in [0.2, 0.25) is 0 Å². The number of aromatic nitrogens is 2. The van der Waals surface area contributed by atoms with Crippen molar-refractivity contribution in [3.8, 4) is 17.1 Å². The molecule has 2 aromatic heterocycles. The zero-order chi connectivity index (χ0) is 19.4. The molecule has 1 aromatic carbocycles. The first kappa shape index (κ1) is 18.9. The van der Waals surface area contributed by atoms with E-state index in [0.29, 0.717) is 18.7 Å². The number of ether oxygens (including phenoxy) is 1. The fourth-order valence-electron chi connectivity index (χ4n) is 2.95. The number of benzene rings is 1. The van der Waals surface area contributed by atoms with Crippen LogP contribution in [0.5, 0.6) is 5.75 Å². The molecule has 0 saturated carbocycles. The average Bonchev–Trinajstić information content (AvgIpc) is 3.24. The highest BCUT2D eigenvalue weighted by Gasteiger charge is 2.19. The number of amides is 1. The highest BCUT2D eigenvalue weighted by Crippen LogP contribution is 2.28. The molecule has 0 spiro atoms. The van der Waals surface area contributed by atoms with Gasteiger partial charge in [-0.3, -0.25) is 4.79 Å². The van der Waals surface area contributed by atoms with E-state index in [9.17, 15) is 4.79 Å². The minimum atomic E-state index is -0.103. The van der Waals surface area contributed by atoms with E-state index in [4.69, 9.17) is 4.74 Å². The maximum atomic E-state index is 12.6. The molecular formula is C21H23N3O2S. The Hall–Kier alpha value is -2.86. The summed E-state index contributed by atoms with van der Waals surface area (Å²) in [7, 11) is 1.65. The van der Waals surface area contributed by atoms with Crippen LogP contribution in [0.25, 0.3) is 11.4 Å². The number of aryl methyl sites for hydroxylation is 1. The molecule has 5 nitrogen and oxygen atoms in total. The van der Waals surface area contributed by atoms with Crippen LogP contribution in [0.3, 0.4) is 0 Å². The molecule has 1 N–H and O–H groups in total. The van der Waals surface area contributed by atoms with Gasteiger partial charge in [-0.05, 0) is 37.6 Å². The maximum Gasteiger partial charge on any atom is 0.253 e. The molecule has 6 heteroatoms. The molecule has 1 amide bonds. The quantitative estimate of drug-likeness (QED) is 0.624. The molecule has 27 heavy (non-hydrogen) atoms. The molecular weight excluding hydrogens is 358 g/mol. The molecule has 3 aromatic rings. The van der Waals surface area contributed by atoms with Crippen molar-refractivity contribution in [3.63, 3.8) is 0 Å². The largest absolute Gasteiger partial charge is 0.497 e. The smallest absolute Gasteiger partial charge is 0.253 e. The van der Waals surface area contributed by atoms with E-state index in [0.717, 1.165) is 33.4 Å². The molecule has 0 atom stereocenters. The van der Waals surface area contributed by atoms with E-state index < -0.39 is 0 Å². The van der Waals surface area contributed by atoms with Gasteiger partial charge in [0, 0.05) is 24.2 Å². The summed E-state index contributed by atoms with van der Waals surface area (Å²) in [5, 5.41) is 5.89. The molecule has 0 aliphatic carbocycles. The summed E-state index contributed by atoms with van der Waals surface area (Å²) in [4.78, 5) is 17.2. The first-order valence-electron chi connectivity index (χ1n) is 8.68. The van der Waals surface area contributed by atoms with E-state index in [2.05, 4.69) is 21.4 Å². The Balaban J connectivity index is 2.02. The third-order valence-electron chi connectivity index (χ3n) is 4.40. The number of rotatable bonds is 7. The minimum absolute atomic E-state index is 0.103. The molecule has 2 heterocycles. The second-order valence-corrected chi connectivity index (χ2v) is 7.28. The van der Waals surface area contributed by atoms with Crippen molar-refractivity contribution < 1.29 is 9.53 Å². The van der Waals surface area contributed by atoms with Crippen LogP contribution < -0.4 is 10.1 Å². The van der Waals surface area contributed by atoms with Gasteiger partial charge in [-0.1, -0.05) is 18.2 Å². The number of carbonyl (C=O) groups is 1. The summed E-state index contributed by atoms with van der Waals surface area (Å²) in [5.41, 5.74) is 4.52.